The van der Waals surface area contributed by atoms with Crippen molar-refractivity contribution < 1.29 is 4.79 Å². The van der Waals surface area contributed by atoms with Crippen LogP contribution in [0.15, 0.2) is 30.3 Å². The van der Waals surface area contributed by atoms with Crippen LogP contribution in [0.3, 0.4) is 0 Å². The Morgan fingerprint density at radius 1 is 1.38 bits per heavy atom. The summed E-state index contributed by atoms with van der Waals surface area (Å²) in [4.78, 5) is 13.1. The summed E-state index contributed by atoms with van der Waals surface area (Å²) in [5.74, 6) is 0.0439. The summed E-state index contributed by atoms with van der Waals surface area (Å²) in [6.07, 6.45) is 0.949. The number of para-hydroxylation sites is 1. The Morgan fingerprint density at radius 3 is 2.69 bits per heavy atom. The Bertz CT molecular complexity index is 316. The van der Waals surface area contributed by atoms with Gasteiger partial charge in [0.15, 0.2) is 0 Å². The first-order chi connectivity index (χ1) is 7.74. The number of rotatable bonds is 6. The van der Waals surface area contributed by atoms with Gasteiger partial charge < -0.3 is 10.2 Å². The van der Waals surface area contributed by atoms with Crippen molar-refractivity contribution in [2.45, 2.75) is 6.42 Å². The van der Waals surface area contributed by atoms with Crippen LogP contribution < -0.4 is 10.2 Å². The zero-order valence-electron chi connectivity index (χ0n) is 9.45. The van der Waals surface area contributed by atoms with Crippen molar-refractivity contribution in [2.75, 3.05) is 30.4 Å². The molecule has 1 aromatic rings. The molecule has 0 heterocycles. The number of nitrogens with zero attached hydrogens (tertiary/aromatic N) is 1. The Kier molecular flexibility index (Phi) is 5.93. The van der Waals surface area contributed by atoms with Crippen molar-refractivity contribution in [3.05, 3.63) is 30.3 Å². The highest BCUT2D eigenvalue weighted by atomic mass is 79.9. The van der Waals surface area contributed by atoms with E-state index in [0.29, 0.717) is 5.33 Å². The molecule has 16 heavy (non-hydrogen) atoms. The van der Waals surface area contributed by atoms with Gasteiger partial charge in [0.05, 0.1) is 5.33 Å². The summed E-state index contributed by atoms with van der Waals surface area (Å²) in [6, 6.07) is 10.2. The molecule has 0 aliphatic heterocycles. The Labute approximate surface area is 105 Å². The van der Waals surface area contributed by atoms with E-state index in [0.717, 1.165) is 19.5 Å². The normalized spacial score (nSPS) is 9.88. The van der Waals surface area contributed by atoms with Crippen molar-refractivity contribution >= 4 is 27.5 Å². The summed E-state index contributed by atoms with van der Waals surface area (Å²) in [5, 5.41) is 3.20. The van der Waals surface area contributed by atoms with E-state index in [1.165, 1.54) is 5.69 Å². The zero-order chi connectivity index (χ0) is 11.8. The molecule has 0 aliphatic rings. The van der Waals surface area contributed by atoms with Crippen molar-refractivity contribution in [2.24, 2.45) is 0 Å². The van der Waals surface area contributed by atoms with Crippen molar-refractivity contribution in [3.8, 4) is 0 Å². The van der Waals surface area contributed by atoms with Crippen molar-refractivity contribution in [3.63, 3.8) is 0 Å². The lowest BCUT2D eigenvalue weighted by molar-refractivity contribution is -0.118. The molecule has 0 spiro atoms. The summed E-state index contributed by atoms with van der Waals surface area (Å²) >= 11 is 3.11. The molecule has 0 fully saturated rings. The lowest BCUT2D eigenvalue weighted by atomic mass is 10.3. The molecule has 0 saturated carbocycles. The predicted octanol–water partition coefficient (Wildman–Crippen LogP) is 2.02. The second-order valence-corrected chi connectivity index (χ2v) is 4.15. The molecule has 88 valence electrons. The van der Waals surface area contributed by atoms with Gasteiger partial charge in [-0.1, -0.05) is 34.1 Å². The number of amides is 1. The molecule has 1 amide bonds. The average molecular weight is 285 g/mol. The molecule has 0 aromatic heterocycles. The highest BCUT2D eigenvalue weighted by Crippen LogP contribution is 2.10. The largest absolute Gasteiger partial charge is 0.375 e. The number of benzene rings is 1. The van der Waals surface area contributed by atoms with Crippen LogP contribution in [-0.2, 0) is 4.79 Å². The van der Waals surface area contributed by atoms with Crippen LogP contribution in [0, 0.1) is 0 Å². The molecule has 4 heteroatoms. The van der Waals surface area contributed by atoms with E-state index in [-0.39, 0.29) is 5.91 Å². The Morgan fingerprint density at radius 2 is 2.06 bits per heavy atom. The van der Waals surface area contributed by atoms with Gasteiger partial charge in [-0.2, -0.15) is 0 Å². The van der Waals surface area contributed by atoms with Gasteiger partial charge in [-0.3, -0.25) is 4.79 Å². The average Bonchev–Trinajstić information content (AvgIpc) is 2.35. The third-order valence-corrected chi connectivity index (χ3v) is 2.82. The molecular weight excluding hydrogens is 268 g/mol. The molecule has 0 aliphatic carbocycles. The molecule has 0 atom stereocenters. The molecule has 0 radical (unpaired) electrons. The minimum Gasteiger partial charge on any atom is -0.375 e. The minimum absolute atomic E-state index is 0.0439. The van der Waals surface area contributed by atoms with Crippen LogP contribution in [0.5, 0.6) is 0 Å². The van der Waals surface area contributed by atoms with Gasteiger partial charge in [0.2, 0.25) is 5.91 Å². The molecule has 3 nitrogen and oxygen atoms in total. The topological polar surface area (TPSA) is 32.3 Å². The number of carbonyl (C=O) groups is 1. The van der Waals surface area contributed by atoms with Crippen LogP contribution in [-0.4, -0.2) is 31.4 Å². The Hall–Kier alpha value is -1.03. The van der Waals surface area contributed by atoms with E-state index in [1.807, 2.05) is 18.2 Å². The van der Waals surface area contributed by atoms with Gasteiger partial charge in [0.1, 0.15) is 0 Å². The van der Waals surface area contributed by atoms with Gasteiger partial charge in [0.25, 0.3) is 0 Å². The number of anilines is 1. The number of alkyl halides is 1. The number of halogens is 1. The van der Waals surface area contributed by atoms with Crippen LogP contribution in [0.2, 0.25) is 0 Å². The second-order valence-electron chi connectivity index (χ2n) is 3.59. The van der Waals surface area contributed by atoms with Crippen LogP contribution in [0.4, 0.5) is 5.69 Å². The number of hydrogen-bond donors (Lipinski definition) is 1. The third kappa shape index (κ3) is 4.66. The molecule has 1 rings (SSSR count). The summed E-state index contributed by atoms with van der Waals surface area (Å²) < 4.78 is 0. The van der Waals surface area contributed by atoms with E-state index in [2.05, 4.69) is 45.3 Å². The maximum Gasteiger partial charge on any atom is 0.230 e. The highest BCUT2D eigenvalue weighted by molar-refractivity contribution is 9.09. The van der Waals surface area contributed by atoms with Gasteiger partial charge in [-0.15, -0.1) is 0 Å². The molecule has 0 bridgehead atoms. The lowest BCUT2D eigenvalue weighted by Gasteiger charge is -2.19. The number of carbonyl (C=O) groups excluding carboxylic acids is 1. The quantitative estimate of drug-likeness (QED) is 0.640. The third-order valence-electron chi connectivity index (χ3n) is 2.31. The fourth-order valence-corrected chi connectivity index (χ4v) is 1.60. The standard InChI is InChI=1S/C12H17BrN2O/c1-15(11-6-3-2-4-7-11)9-5-8-14-12(16)10-13/h2-4,6-7H,5,8-10H2,1H3,(H,14,16). The molecule has 1 N–H and O–H groups in total. The van der Waals surface area contributed by atoms with Gasteiger partial charge >= 0.3 is 0 Å². The molecule has 1 aromatic carbocycles. The van der Waals surface area contributed by atoms with E-state index in [4.69, 9.17) is 0 Å². The van der Waals surface area contributed by atoms with Crippen molar-refractivity contribution in [1.82, 2.24) is 5.32 Å². The van der Waals surface area contributed by atoms with Crippen LogP contribution >= 0.6 is 15.9 Å². The van der Waals surface area contributed by atoms with E-state index < -0.39 is 0 Å². The van der Waals surface area contributed by atoms with E-state index in [9.17, 15) is 4.79 Å². The lowest BCUT2D eigenvalue weighted by Crippen LogP contribution is -2.28. The summed E-state index contributed by atoms with van der Waals surface area (Å²) in [6.45, 7) is 1.66. The van der Waals surface area contributed by atoms with E-state index >= 15 is 0 Å². The van der Waals surface area contributed by atoms with Crippen LogP contribution in [0.25, 0.3) is 0 Å². The SMILES string of the molecule is CN(CCCNC(=O)CBr)c1ccccc1. The Balaban J connectivity index is 2.21. The minimum atomic E-state index is 0.0439. The fourth-order valence-electron chi connectivity index (χ4n) is 1.40. The maximum atomic E-state index is 11.0. The fraction of sp³-hybridized carbons (Fsp3) is 0.417. The first-order valence-electron chi connectivity index (χ1n) is 5.33. The van der Waals surface area contributed by atoms with Crippen LogP contribution in [0.1, 0.15) is 6.42 Å². The first-order valence-corrected chi connectivity index (χ1v) is 6.45. The first kappa shape index (κ1) is 13.0. The highest BCUT2D eigenvalue weighted by Gasteiger charge is 2.00. The van der Waals surface area contributed by atoms with Gasteiger partial charge in [0, 0.05) is 25.8 Å². The second kappa shape index (κ2) is 7.28. The van der Waals surface area contributed by atoms with Crippen molar-refractivity contribution in [1.29, 1.82) is 0 Å². The summed E-state index contributed by atoms with van der Waals surface area (Å²) in [5.41, 5.74) is 1.20. The zero-order valence-corrected chi connectivity index (χ0v) is 11.0. The van der Waals surface area contributed by atoms with E-state index in [1.54, 1.807) is 0 Å². The number of hydrogen-bond acceptors (Lipinski definition) is 2. The monoisotopic (exact) mass is 284 g/mol. The molecular formula is C12H17BrN2O. The van der Waals surface area contributed by atoms with Gasteiger partial charge in [-0.25, -0.2) is 0 Å². The molecule has 0 unspecified atom stereocenters. The summed E-state index contributed by atoms with van der Waals surface area (Å²) in [7, 11) is 2.06. The smallest absolute Gasteiger partial charge is 0.230 e. The molecule has 0 saturated heterocycles. The predicted molar refractivity (Wildman–Crippen MR) is 71.1 cm³/mol. The maximum absolute atomic E-state index is 11.0. The number of nitrogens with one attached hydrogen (secondary N) is 1. The van der Waals surface area contributed by atoms with Gasteiger partial charge in [-0.05, 0) is 18.6 Å².